The van der Waals surface area contributed by atoms with Crippen LogP contribution in [0.25, 0.3) is 0 Å². The smallest absolute Gasteiger partial charge is 0.407 e. The van der Waals surface area contributed by atoms with Gasteiger partial charge in [0.05, 0.1) is 5.69 Å². The van der Waals surface area contributed by atoms with Crippen LogP contribution in [-0.4, -0.2) is 50.2 Å². The second-order valence-electron chi connectivity index (χ2n) is 5.74. The monoisotopic (exact) mass is 363 g/mol. The van der Waals surface area contributed by atoms with Gasteiger partial charge in [-0.1, -0.05) is 11.6 Å². The molecule has 0 atom stereocenters. The van der Waals surface area contributed by atoms with Crippen LogP contribution >= 0.6 is 11.6 Å². The number of aryl methyl sites for hydroxylation is 1. The molecule has 0 unspecified atom stereocenters. The van der Waals surface area contributed by atoms with Crippen LogP contribution in [0, 0.1) is 6.92 Å². The normalized spacial score (nSPS) is 15.0. The van der Waals surface area contributed by atoms with Crippen LogP contribution in [0.3, 0.4) is 0 Å². The molecule has 0 aliphatic carbocycles. The predicted octanol–water partition coefficient (Wildman–Crippen LogP) is 3.10. The number of hydrogen-bond acceptors (Lipinski definition) is 6. The van der Waals surface area contributed by atoms with Gasteiger partial charge in [-0.15, -0.1) is 0 Å². The van der Waals surface area contributed by atoms with Crippen molar-refractivity contribution < 1.29 is 14.6 Å². The molecule has 0 spiro atoms. The summed E-state index contributed by atoms with van der Waals surface area (Å²) >= 11 is 6.11. The van der Waals surface area contributed by atoms with Crippen molar-refractivity contribution in [3.8, 4) is 5.88 Å². The first-order chi connectivity index (χ1) is 12.0. The van der Waals surface area contributed by atoms with E-state index in [-0.39, 0.29) is 6.10 Å². The molecule has 3 heterocycles. The van der Waals surface area contributed by atoms with E-state index in [1.165, 1.54) is 11.2 Å². The van der Waals surface area contributed by atoms with E-state index in [2.05, 4.69) is 20.3 Å². The molecule has 1 aliphatic heterocycles. The second-order valence-corrected chi connectivity index (χ2v) is 6.10. The van der Waals surface area contributed by atoms with Gasteiger partial charge in [-0.25, -0.2) is 19.7 Å². The minimum absolute atomic E-state index is 0.0667. The third kappa shape index (κ3) is 4.48. The number of anilines is 2. The maximum atomic E-state index is 10.9. The molecule has 132 valence electrons. The molecular weight excluding hydrogens is 346 g/mol. The number of nitrogens with one attached hydrogen (secondary N) is 1. The van der Waals surface area contributed by atoms with Gasteiger partial charge in [0.1, 0.15) is 18.2 Å². The highest BCUT2D eigenvalue weighted by Gasteiger charge is 2.23. The summed E-state index contributed by atoms with van der Waals surface area (Å²) in [6.07, 6.45) is 1.71. The number of rotatable bonds is 4. The van der Waals surface area contributed by atoms with Gasteiger partial charge in [-0.3, -0.25) is 0 Å². The molecule has 0 bridgehead atoms. The number of pyridine rings is 1. The highest BCUT2D eigenvalue weighted by atomic mass is 35.5. The van der Waals surface area contributed by atoms with Crippen LogP contribution in [0.2, 0.25) is 5.15 Å². The van der Waals surface area contributed by atoms with Gasteiger partial charge in [-0.2, -0.15) is 0 Å². The first kappa shape index (κ1) is 17.2. The molecule has 25 heavy (non-hydrogen) atoms. The molecule has 2 N–H and O–H groups in total. The lowest BCUT2D eigenvalue weighted by Crippen LogP contribution is -2.41. The number of ether oxygens (including phenoxy) is 1. The van der Waals surface area contributed by atoms with E-state index >= 15 is 0 Å². The minimum Gasteiger partial charge on any atom is -0.474 e. The zero-order valence-electron chi connectivity index (χ0n) is 13.6. The van der Waals surface area contributed by atoms with Gasteiger partial charge < -0.3 is 20.1 Å². The lowest BCUT2D eigenvalue weighted by atomic mass is 10.1. The van der Waals surface area contributed by atoms with Crippen LogP contribution in [0.4, 0.5) is 16.3 Å². The fourth-order valence-electron chi connectivity index (χ4n) is 2.56. The zero-order chi connectivity index (χ0) is 17.8. The summed E-state index contributed by atoms with van der Waals surface area (Å²) in [5.41, 5.74) is 1.47. The standard InChI is InChI=1S/C16H18ClN5O3/c1-10-2-3-12(15(17)20-10)21-13-8-14(19-9-18-13)25-11-4-6-22(7-5-11)16(23)24/h2-3,8-9,11H,4-7H2,1H3,(H,23,24)(H,18,19,21). The second kappa shape index (κ2) is 7.52. The van der Waals surface area contributed by atoms with E-state index < -0.39 is 6.09 Å². The fraction of sp³-hybridized carbons (Fsp3) is 0.375. The summed E-state index contributed by atoms with van der Waals surface area (Å²) in [5.74, 6) is 0.975. The lowest BCUT2D eigenvalue weighted by Gasteiger charge is -2.29. The van der Waals surface area contributed by atoms with Gasteiger partial charge in [0.25, 0.3) is 0 Å². The van der Waals surface area contributed by atoms with Gasteiger partial charge in [0.2, 0.25) is 5.88 Å². The van der Waals surface area contributed by atoms with Crippen molar-refractivity contribution in [1.82, 2.24) is 19.9 Å². The molecule has 2 aromatic rings. The van der Waals surface area contributed by atoms with Crippen molar-refractivity contribution in [3.63, 3.8) is 0 Å². The Labute approximate surface area is 149 Å². The number of nitrogens with zero attached hydrogens (tertiary/aromatic N) is 4. The Morgan fingerprint density at radius 1 is 1.36 bits per heavy atom. The molecule has 1 aliphatic rings. The lowest BCUT2D eigenvalue weighted by molar-refractivity contribution is 0.0870. The molecular formula is C16H18ClN5O3. The quantitative estimate of drug-likeness (QED) is 0.805. The average Bonchev–Trinajstić information content (AvgIpc) is 2.58. The van der Waals surface area contributed by atoms with Gasteiger partial charge in [0.15, 0.2) is 5.15 Å². The van der Waals surface area contributed by atoms with E-state index in [1.807, 2.05) is 19.1 Å². The van der Waals surface area contributed by atoms with E-state index in [9.17, 15) is 4.79 Å². The van der Waals surface area contributed by atoms with Crippen molar-refractivity contribution in [2.24, 2.45) is 0 Å². The highest BCUT2D eigenvalue weighted by Crippen LogP contribution is 2.25. The maximum absolute atomic E-state index is 10.9. The van der Waals surface area contributed by atoms with E-state index in [1.54, 1.807) is 6.07 Å². The third-order valence-electron chi connectivity index (χ3n) is 3.89. The molecule has 3 rings (SSSR count). The molecule has 0 aromatic carbocycles. The SMILES string of the molecule is Cc1ccc(Nc2cc(OC3CCN(C(=O)O)CC3)ncn2)c(Cl)n1. The number of carbonyl (C=O) groups is 1. The van der Waals surface area contributed by atoms with Crippen LogP contribution in [0.15, 0.2) is 24.5 Å². The topological polar surface area (TPSA) is 100 Å². The summed E-state index contributed by atoms with van der Waals surface area (Å²) in [7, 11) is 0. The highest BCUT2D eigenvalue weighted by molar-refractivity contribution is 6.32. The number of halogens is 1. The Morgan fingerprint density at radius 3 is 2.80 bits per heavy atom. The van der Waals surface area contributed by atoms with Gasteiger partial charge in [-0.05, 0) is 19.1 Å². The Morgan fingerprint density at radius 2 is 2.12 bits per heavy atom. The molecule has 1 saturated heterocycles. The number of piperidine rings is 1. The maximum Gasteiger partial charge on any atom is 0.407 e. The zero-order valence-corrected chi connectivity index (χ0v) is 14.4. The van der Waals surface area contributed by atoms with Crippen molar-refractivity contribution in [2.45, 2.75) is 25.9 Å². The van der Waals surface area contributed by atoms with Crippen LogP contribution in [0.5, 0.6) is 5.88 Å². The molecule has 8 nitrogen and oxygen atoms in total. The van der Waals surface area contributed by atoms with Gasteiger partial charge in [0, 0.05) is 37.7 Å². The summed E-state index contributed by atoms with van der Waals surface area (Å²) in [6.45, 7) is 2.78. The van der Waals surface area contributed by atoms with Crippen molar-refractivity contribution in [1.29, 1.82) is 0 Å². The fourth-order valence-corrected chi connectivity index (χ4v) is 2.81. The Kier molecular flexibility index (Phi) is 5.18. The van der Waals surface area contributed by atoms with Crippen molar-refractivity contribution in [2.75, 3.05) is 18.4 Å². The van der Waals surface area contributed by atoms with Crippen LogP contribution < -0.4 is 10.1 Å². The number of amides is 1. The third-order valence-corrected chi connectivity index (χ3v) is 4.18. The molecule has 9 heteroatoms. The first-order valence-electron chi connectivity index (χ1n) is 7.88. The van der Waals surface area contributed by atoms with Crippen LogP contribution in [0.1, 0.15) is 18.5 Å². The molecule has 1 amide bonds. The molecule has 0 saturated carbocycles. The van der Waals surface area contributed by atoms with E-state index in [0.717, 1.165) is 5.69 Å². The summed E-state index contributed by atoms with van der Waals surface area (Å²) in [6, 6.07) is 5.36. The van der Waals surface area contributed by atoms with Gasteiger partial charge >= 0.3 is 6.09 Å². The van der Waals surface area contributed by atoms with E-state index in [0.29, 0.717) is 48.5 Å². The Balaban J connectivity index is 1.63. The molecule has 2 aromatic heterocycles. The Hall–Kier alpha value is -2.61. The summed E-state index contributed by atoms with van der Waals surface area (Å²) < 4.78 is 5.85. The first-order valence-corrected chi connectivity index (χ1v) is 8.26. The summed E-state index contributed by atoms with van der Waals surface area (Å²) in [4.78, 5) is 24.8. The molecule has 1 fully saturated rings. The Bertz CT molecular complexity index is 765. The van der Waals surface area contributed by atoms with Crippen molar-refractivity contribution >= 4 is 29.2 Å². The summed E-state index contributed by atoms with van der Waals surface area (Å²) in [5, 5.41) is 12.4. The van der Waals surface area contributed by atoms with Crippen molar-refractivity contribution in [3.05, 3.63) is 35.4 Å². The predicted molar refractivity (Wildman–Crippen MR) is 92.5 cm³/mol. The van der Waals surface area contributed by atoms with E-state index in [4.69, 9.17) is 21.4 Å². The number of aromatic nitrogens is 3. The molecule has 0 radical (unpaired) electrons. The number of likely N-dealkylation sites (tertiary alicyclic amines) is 1. The number of carboxylic acid groups (broad SMARTS) is 1. The number of hydrogen-bond donors (Lipinski definition) is 2. The van der Waals surface area contributed by atoms with Crippen LogP contribution in [-0.2, 0) is 0 Å². The largest absolute Gasteiger partial charge is 0.474 e. The average molecular weight is 364 g/mol. The minimum atomic E-state index is -0.893.